The Labute approximate surface area is 107 Å². The number of hydrogen-bond acceptors (Lipinski definition) is 4. The lowest BCUT2D eigenvalue weighted by Gasteiger charge is -2.30. The highest BCUT2D eigenvalue weighted by molar-refractivity contribution is 5.84. The summed E-state index contributed by atoms with van der Waals surface area (Å²) < 4.78 is 10.3. The molecule has 1 aromatic carbocycles. The zero-order chi connectivity index (χ0) is 13.0. The summed E-state index contributed by atoms with van der Waals surface area (Å²) in [7, 11) is 3.43. The van der Waals surface area contributed by atoms with Crippen molar-refractivity contribution in [1.82, 2.24) is 4.90 Å². The van der Waals surface area contributed by atoms with Crippen LogP contribution in [0.3, 0.4) is 0 Å². The summed E-state index contributed by atoms with van der Waals surface area (Å²) in [6.07, 6.45) is -0.354. The van der Waals surface area contributed by atoms with Crippen molar-refractivity contribution in [2.75, 3.05) is 39.2 Å². The van der Waals surface area contributed by atoms with Crippen molar-refractivity contribution in [2.45, 2.75) is 6.10 Å². The van der Waals surface area contributed by atoms with E-state index in [4.69, 9.17) is 4.74 Å². The summed E-state index contributed by atoms with van der Waals surface area (Å²) in [5, 5.41) is 2.62. The lowest BCUT2D eigenvalue weighted by atomic mass is 10.1. The maximum absolute atomic E-state index is 11.0. The molecule has 0 spiro atoms. The molecule has 1 N–H and O–H groups in total. The highest BCUT2D eigenvalue weighted by atomic mass is 16.5. The minimum atomic E-state index is -0.462. The molecule has 1 saturated heterocycles. The van der Waals surface area contributed by atoms with Gasteiger partial charge in [0.2, 0.25) is 0 Å². The molecule has 5 heteroatoms. The Kier molecular flexibility index (Phi) is 4.17. The molecule has 1 aliphatic rings. The zero-order valence-electron chi connectivity index (χ0n) is 10.7. The van der Waals surface area contributed by atoms with Crippen molar-refractivity contribution < 1.29 is 14.3 Å². The maximum Gasteiger partial charge on any atom is 0.411 e. The van der Waals surface area contributed by atoms with E-state index in [1.54, 1.807) is 0 Å². The average Bonchev–Trinajstić information content (AvgIpc) is 2.39. The molecule has 0 radical (unpaired) electrons. The second-order valence-corrected chi connectivity index (χ2v) is 4.36. The third-order valence-electron chi connectivity index (χ3n) is 2.98. The van der Waals surface area contributed by atoms with Crippen LogP contribution in [0.25, 0.3) is 0 Å². The quantitative estimate of drug-likeness (QED) is 0.870. The van der Waals surface area contributed by atoms with Gasteiger partial charge in [0.1, 0.15) is 0 Å². The third kappa shape index (κ3) is 3.21. The Balaban J connectivity index is 2.00. The van der Waals surface area contributed by atoms with Crippen LogP contribution in [-0.2, 0) is 9.47 Å². The molecule has 1 aromatic rings. The van der Waals surface area contributed by atoms with Gasteiger partial charge in [0, 0.05) is 18.8 Å². The fourth-order valence-corrected chi connectivity index (χ4v) is 1.93. The van der Waals surface area contributed by atoms with Gasteiger partial charge >= 0.3 is 6.09 Å². The highest BCUT2D eigenvalue weighted by Gasteiger charge is 2.19. The predicted molar refractivity (Wildman–Crippen MR) is 68.7 cm³/mol. The van der Waals surface area contributed by atoms with Crippen LogP contribution in [0.5, 0.6) is 0 Å². The van der Waals surface area contributed by atoms with Crippen LogP contribution in [0.1, 0.15) is 11.7 Å². The summed E-state index contributed by atoms with van der Waals surface area (Å²) in [6.45, 7) is 2.62. The molecule has 98 valence electrons. The number of ether oxygens (including phenoxy) is 2. The fraction of sp³-hybridized carbons (Fsp3) is 0.462. The number of amides is 1. The first kappa shape index (κ1) is 12.9. The minimum absolute atomic E-state index is 0.107. The average molecular weight is 250 g/mol. The number of hydrogen-bond donors (Lipinski definition) is 1. The molecule has 5 nitrogen and oxygen atoms in total. The molecule has 1 unspecified atom stereocenters. The van der Waals surface area contributed by atoms with E-state index in [0.29, 0.717) is 0 Å². The number of benzene rings is 1. The number of likely N-dealkylation sites (N-methyl/N-ethyl adjacent to an activating group) is 1. The van der Waals surface area contributed by atoms with Crippen LogP contribution >= 0.6 is 0 Å². The van der Waals surface area contributed by atoms with Gasteiger partial charge in [-0.3, -0.25) is 5.32 Å². The van der Waals surface area contributed by atoms with Crippen LogP contribution in [0.15, 0.2) is 24.3 Å². The van der Waals surface area contributed by atoms with Gasteiger partial charge in [-0.1, -0.05) is 12.1 Å². The van der Waals surface area contributed by atoms with Gasteiger partial charge in [0.05, 0.1) is 19.8 Å². The van der Waals surface area contributed by atoms with E-state index >= 15 is 0 Å². The fourth-order valence-electron chi connectivity index (χ4n) is 1.93. The number of carbonyl (C=O) groups is 1. The molecule has 0 aliphatic carbocycles. The second kappa shape index (κ2) is 5.84. The molecule has 0 aromatic heterocycles. The molecular weight excluding hydrogens is 232 g/mol. The zero-order valence-corrected chi connectivity index (χ0v) is 10.7. The van der Waals surface area contributed by atoms with Gasteiger partial charge in [0.15, 0.2) is 0 Å². The smallest absolute Gasteiger partial charge is 0.411 e. The van der Waals surface area contributed by atoms with Gasteiger partial charge in [-0.2, -0.15) is 0 Å². The normalized spacial score (nSPS) is 20.4. The number of rotatable bonds is 2. The molecule has 1 aliphatic heterocycles. The van der Waals surface area contributed by atoms with Gasteiger partial charge in [0.25, 0.3) is 0 Å². The number of methoxy groups -OCH3 is 1. The molecule has 2 rings (SSSR count). The summed E-state index contributed by atoms with van der Waals surface area (Å²) in [6, 6.07) is 7.64. The Bertz CT molecular complexity index is 405. The molecule has 1 atom stereocenters. The minimum Gasteiger partial charge on any atom is -0.453 e. The van der Waals surface area contributed by atoms with Crippen LogP contribution in [-0.4, -0.2) is 44.8 Å². The molecule has 1 heterocycles. The third-order valence-corrected chi connectivity index (χ3v) is 2.98. The van der Waals surface area contributed by atoms with Crippen molar-refractivity contribution >= 4 is 11.8 Å². The summed E-state index contributed by atoms with van der Waals surface area (Å²) in [5.74, 6) is 0. The molecule has 0 saturated carbocycles. The second-order valence-electron chi connectivity index (χ2n) is 4.36. The standard InChI is InChI=1S/C13H18N2O3/c1-15-7-8-18-12(9-15)10-3-5-11(6-4-10)14-13(16)17-2/h3-6,12H,7-9H2,1-2H3,(H,14,16). The Morgan fingerprint density at radius 1 is 1.44 bits per heavy atom. The van der Waals surface area contributed by atoms with Crippen molar-refractivity contribution in [2.24, 2.45) is 0 Å². The number of anilines is 1. The first-order valence-electron chi connectivity index (χ1n) is 5.94. The van der Waals surface area contributed by atoms with Crippen LogP contribution in [0.4, 0.5) is 10.5 Å². The first-order valence-corrected chi connectivity index (χ1v) is 5.94. The number of nitrogens with zero attached hydrogens (tertiary/aromatic N) is 1. The monoisotopic (exact) mass is 250 g/mol. The van der Waals surface area contributed by atoms with E-state index in [1.165, 1.54) is 7.11 Å². The molecular formula is C13H18N2O3. The van der Waals surface area contributed by atoms with Gasteiger partial charge in [-0.15, -0.1) is 0 Å². The van der Waals surface area contributed by atoms with Crippen LogP contribution < -0.4 is 5.32 Å². The van der Waals surface area contributed by atoms with Crippen molar-refractivity contribution in [3.05, 3.63) is 29.8 Å². The van der Waals surface area contributed by atoms with E-state index in [0.717, 1.165) is 30.9 Å². The van der Waals surface area contributed by atoms with Gasteiger partial charge in [-0.25, -0.2) is 4.79 Å². The van der Waals surface area contributed by atoms with Crippen LogP contribution in [0, 0.1) is 0 Å². The highest BCUT2D eigenvalue weighted by Crippen LogP contribution is 2.22. The topological polar surface area (TPSA) is 50.8 Å². The van der Waals surface area contributed by atoms with E-state index in [9.17, 15) is 4.79 Å². The lowest BCUT2D eigenvalue weighted by Crippen LogP contribution is -2.35. The van der Waals surface area contributed by atoms with E-state index in [1.807, 2.05) is 24.3 Å². The number of nitrogens with one attached hydrogen (secondary N) is 1. The summed E-state index contributed by atoms with van der Waals surface area (Å²) >= 11 is 0. The van der Waals surface area contributed by atoms with E-state index in [-0.39, 0.29) is 6.10 Å². The van der Waals surface area contributed by atoms with Crippen molar-refractivity contribution in [3.63, 3.8) is 0 Å². The van der Waals surface area contributed by atoms with E-state index in [2.05, 4.69) is 22.0 Å². The van der Waals surface area contributed by atoms with Crippen molar-refractivity contribution in [3.8, 4) is 0 Å². The predicted octanol–water partition coefficient (Wildman–Crippen LogP) is 1.87. The lowest BCUT2D eigenvalue weighted by molar-refractivity contribution is -0.0208. The summed E-state index contributed by atoms with van der Waals surface area (Å²) in [4.78, 5) is 13.3. The molecule has 1 fully saturated rings. The SMILES string of the molecule is COC(=O)Nc1ccc(C2CN(C)CCO2)cc1. The molecule has 18 heavy (non-hydrogen) atoms. The molecule has 0 bridgehead atoms. The van der Waals surface area contributed by atoms with Gasteiger partial charge < -0.3 is 14.4 Å². The van der Waals surface area contributed by atoms with Crippen LogP contribution in [0.2, 0.25) is 0 Å². The largest absolute Gasteiger partial charge is 0.453 e. The Morgan fingerprint density at radius 2 is 2.17 bits per heavy atom. The number of carbonyl (C=O) groups excluding carboxylic acids is 1. The first-order chi connectivity index (χ1) is 8.69. The Morgan fingerprint density at radius 3 is 2.78 bits per heavy atom. The summed E-state index contributed by atoms with van der Waals surface area (Å²) in [5.41, 5.74) is 1.84. The van der Waals surface area contributed by atoms with Crippen molar-refractivity contribution in [1.29, 1.82) is 0 Å². The van der Waals surface area contributed by atoms with E-state index < -0.39 is 6.09 Å². The number of morpholine rings is 1. The van der Waals surface area contributed by atoms with Gasteiger partial charge in [-0.05, 0) is 24.7 Å². The maximum atomic E-state index is 11.0. The molecule has 1 amide bonds. The Hall–Kier alpha value is -1.59.